The van der Waals surface area contributed by atoms with Crippen LogP contribution in [0.25, 0.3) is 0 Å². The van der Waals surface area contributed by atoms with Gasteiger partial charge in [-0.15, -0.1) is 0 Å². The van der Waals surface area contributed by atoms with Crippen molar-refractivity contribution in [3.05, 3.63) is 59.9 Å². The van der Waals surface area contributed by atoms with E-state index >= 15 is 0 Å². The molecule has 5 heteroatoms. The summed E-state index contributed by atoms with van der Waals surface area (Å²) >= 11 is 0. The van der Waals surface area contributed by atoms with E-state index in [0.717, 1.165) is 12.1 Å². The zero-order valence-electron chi connectivity index (χ0n) is 12.1. The molecule has 0 bridgehead atoms. The van der Waals surface area contributed by atoms with Crippen LogP contribution in [-0.4, -0.2) is 25.7 Å². The predicted molar refractivity (Wildman–Crippen MR) is 82.8 cm³/mol. The van der Waals surface area contributed by atoms with E-state index in [0.29, 0.717) is 25.4 Å². The van der Waals surface area contributed by atoms with Crippen molar-refractivity contribution in [3.63, 3.8) is 0 Å². The largest absolute Gasteiger partial charge is 0.492 e. The molecule has 0 spiro atoms. The Kier molecular flexibility index (Phi) is 4.23. The fourth-order valence-electron chi connectivity index (χ4n) is 2.53. The summed E-state index contributed by atoms with van der Waals surface area (Å²) < 4.78 is 18.4. The molecule has 0 atom stereocenters. The first-order valence-electron chi connectivity index (χ1n) is 7.26. The van der Waals surface area contributed by atoms with Gasteiger partial charge in [0.05, 0.1) is 6.54 Å². The average molecular weight is 300 g/mol. The number of amides is 2. The zero-order valence-corrected chi connectivity index (χ0v) is 12.1. The van der Waals surface area contributed by atoms with Crippen LogP contribution in [0, 0.1) is 5.82 Å². The summed E-state index contributed by atoms with van der Waals surface area (Å²) in [5, 5.41) is 2.82. The van der Waals surface area contributed by atoms with Crippen LogP contribution in [0.1, 0.15) is 5.56 Å². The van der Waals surface area contributed by atoms with Gasteiger partial charge in [0.2, 0.25) is 0 Å². The summed E-state index contributed by atoms with van der Waals surface area (Å²) in [5.41, 5.74) is 2.15. The van der Waals surface area contributed by atoms with E-state index in [1.54, 1.807) is 17.0 Å². The fraction of sp³-hybridized carbons (Fsp3) is 0.235. The number of nitrogens with zero attached hydrogens (tertiary/aromatic N) is 1. The highest BCUT2D eigenvalue weighted by Gasteiger charge is 2.23. The Morgan fingerprint density at radius 3 is 2.95 bits per heavy atom. The highest BCUT2D eigenvalue weighted by molar-refractivity contribution is 5.94. The third kappa shape index (κ3) is 3.19. The van der Waals surface area contributed by atoms with Crippen molar-refractivity contribution in [2.24, 2.45) is 0 Å². The number of hydrogen-bond donors (Lipinski definition) is 1. The van der Waals surface area contributed by atoms with Gasteiger partial charge in [-0.25, -0.2) is 9.18 Å². The van der Waals surface area contributed by atoms with Crippen LogP contribution in [0.4, 0.5) is 14.9 Å². The summed E-state index contributed by atoms with van der Waals surface area (Å²) in [6.45, 7) is 1.36. The van der Waals surface area contributed by atoms with Gasteiger partial charge in [0.15, 0.2) is 0 Å². The van der Waals surface area contributed by atoms with Crippen LogP contribution < -0.4 is 15.0 Å². The van der Waals surface area contributed by atoms with Gasteiger partial charge in [-0.3, -0.25) is 4.90 Å². The number of para-hydroxylation sites is 1. The van der Waals surface area contributed by atoms with Gasteiger partial charge < -0.3 is 10.1 Å². The first-order chi connectivity index (χ1) is 10.7. The van der Waals surface area contributed by atoms with Crippen molar-refractivity contribution < 1.29 is 13.9 Å². The fourth-order valence-corrected chi connectivity index (χ4v) is 2.53. The lowest BCUT2D eigenvalue weighted by molar-refractivity contribution is 0.242. The maximum atomic E-state index is 13.0. The SMILES string of the molecule is O=C(NCCOc1cccc(F)c1)N1CCc2ccccc21. The number of halogens is 1. The quantitative estimate of drug-likeness (QED) is 0.882. The number of carbonyl (C=O) groups excluding carboxylic acids is 1. The molecule has 2 aromatic rings. The summed E-state index contributed by atoms with van der Waals surface area (Å²) in [6, 6.07) is 13.7. The molecule has 2 aromatic carbocycles. The number of rotatable bonds is 4. The number of hydrogen-bond acceptors (Lipinski definition) is 2. The van der Waals surface area contributed by atoms with Crippen LogP contribution in [-0.2, 0) is 6.42 Å². The lowest BCUT2D eigenvalue weighted by atomic mass is 10.2. The Morgan fingerprint density at radius 1 is 1.23 bits per heavy atom. The number of carbonyl (C=O) groups is 1. The first-order valence-corrected chi connectivity index (χ1v) is 7.26. The van der Waals surface area contributed by atoms with E-state index in [9.17, 15) is 9.18 Å². The molecule has 0 saturated carbocycles. The first kappa shape index (κ1) is 14.4. The van der Waals surface area contributed by atoms with E-state index in [2.05, 4.69) is 5.32 Å². The van der Waals surface area contributed by atoms with Crippen LogP contribution in [0.3, 0.4) is 0 Å². The van der Waals surface area contributed by atoms with Crippen molar-refractivity contribution in [2.45, 2.75) is 6.42 Å². The molecule has 4 nitrogen and oxygen atoms in total. The molecule has 0 radical (unpaired) electrons. The van der Waals surface area contributed by atoms with Gasteiger partial charge in [0.1, 0.15) is 18.2 Å². The van der Waals surface area contributed by atoms with Crippen LogP contribution in [0.15, 0.2) is 48.5 Å². The molecule has 0 unspecified atom stereocenters. The van der Waals surface area contributed by atoms with Crippen molar-refractivity contribution in [3.8, 4) is 5.75 Å². The second-order valence-corrected chi connectivity index (χ2v) is 5.07. The van der Waals surface area contributed by atoms with E-state index in [4.69, 9.17) is 4.74 Å². The summed E-state index contributed by atoms with van der Waals surface area (Å²) in [7, 11) is 0. The summed E-state index contributed by atoms with van der Waals surface area (Å²) in [5.74, 6) is 0.121. The number of urea groups is 1. The standard InChI is InChI=1S/C17H17FN2O2/c18-14-5-3-6-15(12-14)22-11-9-19-17(21)20-10-8-13-4-1-2-7-16(13)20/h1-7,12H,8-11H2,(H,19,21). The molecule has 1 aliphatic heterocycles. The van der Waals surface area contributed by atoms with Crippen molar-refractivity contribution in [1.82, 2.24) is 5.32 Å². The highest BCUT2D eigenvalue weighted by Crippen LogP contribution is 2.27. The minimum atomic E-state index is -0.338. The molecule has 1 aliphatic rings. The highest BCUT2D eigenvalue weighted by atomic mass is 19.1. The second-order valence-electron chi connectivity index (χ2n) is 5.07. The van der Waals surface area contributed by atoms with Gasteiger partial charge >= 0.3 is 6.03 Å². The Labute approximate surface area is 128 Å². The zero-order chi connectivity index (χ0) is 15.4. The van der Waals surface area contributed by atoms with Gasteiger partial charge in [0, 0.05) is 18.3 Å². The van der Waals surface area contributed by atoms with Crippen molar-refractivity contribution in [2.75, 3.05) is 24.6 Å². The molecular weight excluding hydrogens is 283 g/mol. The number of ether oxygens (including phenoxy) is 1. The Morgan fingerprint density at radius 2 is 2.09 bits per heavy atom. The maximum Gasteiger partial charge on any atom is 0.322 e. The predicted octanol–water partition coefficient (Wildman–Crippen LogP) is 2.98. The molecule has 2 amide bonds. The minimum absolute atomic E-state index is 0.132. The Bertz CT molecular complexity index is 675. The number of nitrogens with one attached hydrogen (secondary N) is 1. The van der Waals surface area contributed by atoms with Crippen molar-refractivity contribution >= 4 is 11.7 Å². The van der Waals surface area contributed by atoms with E-state index < -0.39 is 0 Å². The smallest absolute Gasteiger partial charge is 0.322 e. The lowest BCUT2D eigenvalue weighted by Gasteiger charge is -2.18. The monoisotopic (exact) mass is 300 g/mol. The molecule has 114 valence electrons. The molecular formula is C17H17FN2O2. The van der Waals surface area contributed by atoms with E-state index in [1.807, 2.05) is 24.3 Å². The third-order valence-corrected chi connectivity index (χ3v) is 3.58. The summed E-state index contributed by atoms with van der Waals surface area (Å²) in [4.78, 5) is 13.9. The Hall–Kier alpha value is -2.56. The molecule has 0 saturated heterocycles. The van der Waals surface area contributed by atoms with Gasteiger partial charge in [0.25, 0.3) is 0 Å². The third-order valence-electron chi connectivity index (χ3n) is 3.58. The topological polar surface area (TPSA) is 41.6 Å². The van der Waals surface area contributed by atoms with Crippen LogP contribution in [0.5, 0.6) is 5.75 Å². The van der Waals surface area contributed by atoms with Gasteiger partial charge in [-0.2, -0.15) is 0 Å². The summed E-state index contributed by atoms with van der Waals surface area (Å²) in [6.07, 6.45) is 0.878. The van der Waals surface area contributed by atoms with Crippen LogP contribution in [0.2, 0.25) is 0 Å². The molecule has 1 N–H and O–H groups in total. The van der Waals surface area contributed by atoms with Crippen molar-refractivity contribution in [1.29, 1.82) is 0 Å². The maximum absolute atomic E-state index is 13.0. The molecule has 0 aliphatic carbocycles. The molecule has 22 heavy (non-hydrogen) atoms. The lowest BCUT2D eigenvalue weighted by Crippen LogP contribution is -2.40. The second kappa shape index (κ2) is 6.47. The number of fused-ring (bicyclic) bond motifs is 1. The molecule has 3 rings (SSSR count). The molecule has 0 aromatic heterocycles. The average Bonchev–Trinajstić information content (AvgIpc) is 2.95. The molecule has 0 fully saturated rings. The van der Waals surface area contributed by atoms with E-state index in [1.165, 1.54) is 17.7 Å². The number of benzene rings is 2. The van der Waals surface area contributed by atoms with Crippen LogP contribution >= 0.6 is 0 Å². The minimum Gasteiger partial charge on any atom is -0.492 e. The van der Waals surface area contributed by atoms with Gasteiger partial charge in [-0.1, -0.05) is 24.3 Å². The Balaban J connectivity index is 1.47. The van der Waals surface area contributed by atoms with E-state index in [-0.39, 0.29) is 11.8 Å². The normalized spacial score (nSPS) is 12.9. The molecule has 1 heterocycles. The number of anilines is 1. The van der Waals surface area contributed by atoms with Gasteiger partial charge in [-0.05, 0) is 30.2 Å².